The Kier molecular flexibility index (Phi) is 5.11. The molecule has 0 bridgehead atoms. The summed E-state index contributed by atoms with van der Waals surface area (Å²) in [6, 6.07) is 5.30. The molecule has 0 aliphatic carbocycles. The van der Waals surface area contributed by atoms with Crippen molar-refractivity contribution in [3.8, 4) is 0 Å². The van der Waals surface area contributed by atoms with Crippen molar-refractivity contribution >= 4 is 27.5 Å². The Labute approximate surface area is 149 Å². The third-order valence-electron chi connectivity index (χ3n) is 4.07. The number of hydrogen-bond acceptors (Lipinski definition) is 6. The van der Waals surface area contributed by atoms with Crippen LogP contribution in [0.3, 0.4) is 0 Å². The van der Waals surface area contributed by atoms with Gasteiger partial charge in [-0.05, 0) is 30.1 Å². The number of benzene rings is 1. The van der Waals surface area contributed by atoms with Gasteiger partial charge >= 0.3 is 0 Å². The average molecular weight is 384 g/mol. The largest absolute Gasteiger partial charge is 0.335 e. The Bertz CT molecular complexity index is 876. The van der Waals surface area contributed by atoms with E-state index < -0.39 is 15.8 Å². The molecule has 1 saturated heterocycles. The maximum atomic E-state index is 13.8. The van der Waals surface area contributed by atoms with E-state index in [9.17, 15) is 17.6 Å². The molecular weight excluding hydrogens is 367 g/mol. The van der Waals surface area contributed by atoms with Crippen LogP contribution in [0.1, 0.15) is 22.3 Å². The fourth-order valence-electron chi connectivity index (χ4n) is 2.67. The topological polar surface area (TPSA) is 83.5 Å². The summed E-state index contributed by atoms with van der Waals surface area (Å²) in [5, 5.41) is 3.93. The summed E-state index contributed by atoms with van der Waals surface area (Å²) in [4.78, 5) is 14.3. The summed E-state index contributed by atoms with van der Waals surface area (Å²) < 4.78 is 44.0. The van der Waals surface area contributed by atoms with Crippen molar-refractivity contribution < 1.29 is 17.6 Å². The maximum absolute atomic E-state index is 13.8. The minimum atomic E-state index is -3.91. The van der Waals surface area contributed by atoms with Crippen molar-refractivity contribution in [2.45, 2.75) is 18.2 Å². The van der Waals surface area contributed by atoms with Gasteiger partial charge in [-0.25, -0.2) is 12.8 Å². The number of aryl methyl sites for hydroxylation is 1. The molecule has 1 fully saturated rings. The van der Waals surface area contributed by atoms with Crippen molar-refractivity contribution in [3.63, 3.8) is 0 Å². The number of aromatic nitrogens is 2. The van der Waals surface area contributed by atoms with Crippen molar-refractivity contribution in [3.05, 3.63) is 40.7 Å². The SMILES string of the molecule is CCc1nnsc1C(=O)N1CCN(S(=O)(=O)c2ccccc2F)CC1. The summed E-state index contributed by atoms with van der Waals surface area (Å²) in [6.45, 7) is 2.62. The molecule has 1 aliphatic rings. The fraction of sp³-hybridized carbons (Fsp3) is 0.400. The van der Waals surface area contributed by atoms with E-state index in [0.29, 0.717) is 17.0 Å². The van der Waals surface area contributed by atoms with Gasteiger partial charge in [-0.3, -0.25) is 4.79 Å². The second-order valence-corrected chi connectivity index (χ2v) is 8.19. The van der Waals surface area contributed by atoms with E-state index >= 15 is 0 Å². The number of sulfonamides is 1. The van der Waals surface area contributed by atoms with Gasteiger partial charge < -0.3 is 4.90 Å². The number of carbonyl (C=O) groups excluding carboxylic acids is 1. The van der Waals surface area contributed by atoms with E-state index in [2.05, 4.69) is 9.59 Å². The Morgan fingerprint density at radius 1 is 1.24 bits per heavy atom. The highest BCUT2D eigenvalue weighted by molar-refractivity contribution is 7.89. The van der Waals surface area contributed by atoms with Gasteiger partial charge in [-0.15, -0.1) is 5.10 Å². The molecule has 0 atom stereocenters. The monoisotopic (exact) mass is 384 g/mol. The molecule has 10 heteroatoms. The van der Waals surface area contributed by atoms with Crippen LogP contribution in [0, 0.1) is 5.82 Å². The quantitative estimate of drug-likeness (QED) is 0.795. The molecular formula is C15H17FN4O3S2. The van der Waals surface area contributed by atoms with Crippen LogP contribution in [0.25, 0.3) is 0 Å². The molecule has 0 saturated carbocycles. The van der Waals surface area contributed by atoms with E-state index in [1.165, 1.54) is 22.5 Å². The van der Waals surface area contributed by atoms with Crippen LogP contribution in [-0.2, 0) is 16.4 Å². The Morgan fingerprint density at radius 3 is 2.56 bits per heavy atom. The lowest BCUT2D eigenvalue weighted by atomic mass is 10.2. The van der Waals surface area contributed by atoms with Gasteiger partial charge in [0.2, 0.25) is 10.0 Å². The molecule has 25 heavy (non-hydrogen) atoms. The summed E-state index contributed by atoms with van der Waals surface area (Å²) in [5.74, 6) is -0.959. The summed E-state index contributed by atoms with van der Waals surface area (Å²) in [6.07, 6.45) is 0.610. The summed E-state index contributed by atoms with van der Waals surface area (Å²) >= 11 is 1.05. The van der Waals surface area contributed by atoms with Gasteiger partial charge in [0.15, 0.2) is 0 Å². The van der Waals surface area contributed by atoms with Crippen molar-refractivity contribution in [2.75, 3.05) is 26.2 Å². The molecule has 7 nitrogen and oxygen atoms in total. The highest BCUT2D eigenvalue weighted by Crippen LogP contribution is 2.22. The van der Waals surface area contributed by atoms with E-state index in [1.54, 1.807) is 4.90 Å². The second kappa shape index (κ2) is 7.14. The molecule has 0 radical (unpaired) electrons. The van der Waals surface area contributed by atoms with Crippen LogP contribution in [0.2, 0.25) is 0 Å². The van der Waals surface area contributed by atoms with Gasteiger partial charge in [-0.2, -0.15) is 4.31 Å². The minimum Gasteiger partial charge on any atom is -0.335 e. The molecule has 0 unspecified atom stereocenters. The van der Waals surface area contributed by atoms with Gasteiger partial charge in [0.25, 0.3) is 5.91 Å². The molecule has 2 aromatic rings. The standard InChI is InChI=1S/C15H17FN4O3S2/c1-2-12-14(24-18-17-12)15(21)19-7-9-20(10-8-19)25(22,23)13-6-4-3-5-11(13)16/h3-6H,2,7-10H2,1H3. The van der Waals surface area contributed by atoms with Gasteiger partial charge in [0.1, 0.15) is 15.6 Å². The smallest absolute Gasteiger partial charge is 0.267 e. The van der Waals surface area contributed by atoms with E-state index in [1.807, 2.05) is 6.92 Å². The first-order chi connectivity index (χ1) is 11.9. The minimum absolute atomic E-state index is 0.121. The Morgan fingerprint density at radius 2 is 1.92 bits per heavy atom. The van der Waals surface area contributed by atoms with Crippen LogP contribution in [0.5, 0.6) is 0 Å². The second-order valence-electron chi connectivity index (χ2n) is 5.53. The molecule has 1 aromatic carbocycles. The van der Waals surface area contributed by atoms with Gasteiger partial charge in [0.05, 0.1) is 5.69 Å². The van der Waals surface area contributed by atoms with Crippen molar-refractivity contribution in [2.24, 2.45) is 0 Å². The molecule has 0 spiro atoms. The Hall–Kier alpha value is -1.91. The van der Waals surface area contributed by atoms with E-state index in [0.717, 1.165) is 17.6 Å². The Balaban J connectivity index is 1.72. The highest BCUT2D eigenvalue weighted by Gasteiger charge is 2.32. The molecule has 134 valence electrons. The fourth-order valence-corrected chi connectivity index (χ4v) is 4.88. The molecule has 2 heterocycles. The zero-order chi connectivity index (χ0) is 18.0. The molecule has 1 amide bonds. The number of nitrogens with zero attached hydrogens (tertiary/aromatic N) is 4. The highest BCUT2D eigenvalue weighted by atomic mass is 32.2. The first-order valence-electron chi connectivity index (χ1n) is 7.80. The first kappa shape index (κ1) is 17.9. The normalized spacial score (nSPS) is 16.2. The van der Waals surface area contributed by atoms with Crippen LogP contribution in [-0.4, -0.2) is 59.3 Å². The molecule has 0 N–H and O–H groups in total. The molecule has 1 aromatic heterocycles. The first-order valence-corrected chi connectivity index (χ1v) is 10.0. The number of piperazine rings is 1. The molecule has 1 aliphatic heterocycles. The van der Waals surface area contributed by atoms with Crippen molar-refractivity contribution in [1.82, 2.24) is 18.8 Å². The predicted molar refractivity (Wildman–Crippen MR) is 90.3 cm³/mol. The van der Waals surface area contributed by atoms with Crippen LogP contribution in [0.15, 0.2) is 29.2 Å². The van der Waals surface area contributed by atoms with E-state index in [4.69, 9.17) is 0 Å². The number of halogens is 1. The lowest BCUT2D eigenvalue weighted by molar-refractivity contribution is 0.0701. The third kappa shape index (κ3) is 3.42. The number of amides is 1. The van der Waals surface area contributed by atoms with Gasteiger partial charge in [0, 0.05) is 26.2 Å². The summed E-state index contributed by atoms with van der Waals surface area (Å²) in [5.41, 5.74) is 0.649. The number of carbonyl (C=O) groups is 1. The zero-order valence-corrected chi connectivity index (χ0v) is 15.2. The van der Waals surface area contributed by atoms with Gasteiger partial charge in [-0.1, -0.05) is 23.5 Å². The average Bonchev–Trinajstić information content (AvgIpc) is 3.10. The maximum Gasteiger partial charge on any atom is 0.267 e. The number of rotatable bonds is 4. The summed E-state index contributed by atoms with van der Waals surface area (Å²) in [7, 11) is -3.91. The lowest BCUT2D eigenvalue weighted by Gasteiger charge is -2.33. The lowest BCUT2D eigenvalue weighted by Crippen LogP contribution is -2.50. The van der Waals surface area contributed by atoms with Crippen LogP contribution >= 0.6 is 11.5 Å². The third-order valence-corrected chi connectivity index (χ3v) is 6.75. The van der Waals surface area contributed by atoms with Crippen LogP contribution in [0.4, 0.5) is 4.39 Å². The zero-order valence-electron chi connectivity index (χ0n) is 13.6. The molecule has 3 rings (SSSR count). The van der Waals surface area contributed by atoms with E-state index in [-0.39, 0.29) is 37.0 Å². The van der Waals surface area contributed by atoms with Crippen molar-refractivity contribution in [1.29, 1.82) is 0 Å². The predicted octanol–water partition coefficient (Wildman–Crippen LogP) is 1.39. The number of hydrogen-bond donors (Lipinski definition) is 0. The van der Waals surface area contributed by atoms with Crippen LogP contribution < -0.4 is 0 Å².